The highest BCUT2D eigenvalue weighted by Crippen LogP contribution is 2.29. The van der Waals surface area contributed by atoms with Gasteiger partial charge >= 0.3 is 5.97 Å². The second-order valence-electron chi connectivity index (χ2n) is 4.22. The quantitative estimate of drug-likeness (QED) is 0.799. The van der Waals surface area contributed by atoms with Crippen LogP contribution < -0.4 is 5.32 Å². The van der Waals surface area contributed by atoms with Crippen molar-refractivity contribution in [2.24, 2.45) is 5.92 Å². The van der Waals surface area contributed by atoms with Gasteiger partial charge in [-0.1, -0.05) is 12.1 Å². The van der Waals surface area contributed by atoms with Gasteiger partial charge in [-0.05, 0) is 24.1 Å². The van der Waals surface area contributed by atoms with Crippen molar-refractivity contribution in [1.82, 2.24) is 5.32 Å². The van der Waals surface area contributed by atoms with Gasteiger partial charge in [-0.2, -0.15) is 0 Å². The Labute approximate surface area is 93.3 Å². The standard InChI is InChI=1S/C12H14FNO2/c1-7-2-3-8(4-11(7)13)9-5-14-6-10(9)12(15)16/h2-4,9-10,14H,5-6H2,1H3,(H,15,16)/t9-,10+/m0/s1. The van der Waals surface area contributed by atoms with E-state index in [9.17, 15) is 9.18 Å². The molecule has 86 valence electrons. The molecule has 1 fully saturated rings. The summed E-state index contributed by atoms with van der Waals surface area (Å²) < 4.78 is 13.4. The lowest BCUT2D eigenvalue weighted by atomic mass is 9.88. The van der Waals surface area contributed by atoms with Crippen molar-refractivity contribution >= 4 is 5.97 Å². The van der Waals surface area contributed by atoms with Gasteiger partial charge in [0, 0.05) is 19.0 Å². The Hall–Kier alpha value is -1.42. The van der Waals surface area contributed by atoms with E-state index in [-0.39, 0.29) is 11.7 Å². The van der Waals surface area contributed by atoms with E-state index in [4.69, 9.17) is 5.11 Å². The third kappa shape index (κ3) is 1.93. The number of carboxylic acid groups (broad SMARTS) is 1. The molecule has 2 atom stereocenters. The second kappa shape index (κ2) is 4.22. The number of carboxylic acids is 1. The first-order valence-corrected chi connectivity index (χ1v) is 5.29. The maximum Gasteiger partial charge on any atom is 0.308 e. The van der Waals surface area contributed by atoms with Gasteiger partial charge in [0.2, 0.25) is 0 Å². The Morgan fingerprint density at radius 1 is 1.50 bits per heavy atom. The van der Waals surface area contributed by atoms with Gasteiger partial charge in [0.05, 0.1) is 5.92 Å². The zero-order valence-corrected chi connectivity index (χ0v) is 9.03. The predicted octanol–water partition coefficient (Wildman–Crippen LogP) is 1.52. The Balaban J connectivity index is 2.29. The van der Waals surface area contributed by atoms with Crippen molar-refractivity contribution in [3.8, 4) is 0 Å². The van der Waals surface area contributed by atoms with Gasteiger partial charge in [0.1, 0.15) is 5.82 Å². The van der Waals surface area contributed by atoms with Crippen LogP contribution in [-0.4, -0.2) is 24.2 Å². The van der Waals surface area contributed by atoms with E-state index in [1.807, 2.05) is 6.07 Å². The van der Waals surface area contributed by atoms with Crippen molar-refractivity contribution in [1.29, 1.82) is 0 Å². The molecule has 0 spiro atoms. The molecule has 0 aliphatic carbocycles. The van der Waals surface area contributed by atoms with E-state index in [1.54, 1.807) is 13.0 Å². The van der Waals surface area contributed by atoms with Crippen LogP contribution >= 0.6 is 0 Å². The minimum Gasteiger partial charge on any atom is -0.481 e. The second-order valence-corrected chi connectivity index (χ2v) is 4.22. The summed E-state index contributed by atoms with van der Waals surface area (Å²) in [4.78, 5) is 11.0. The van der Waals surface area contributed by atoms with E-state index < -0.39 is 11.9 Å². The Morgan fingerprint density at radius 2 is 2.25 bits per heavy atom. The largest absolute Gasteiger partial charge is 0.481 e. The van der Waals surface area contributed by atoms with Gasteiger partial charge in [0.25, 0.3) is 0 Å². The average molecular weight is 223 g/mol. The van der Waals surface area contributed by atoms with Crippen LogP contribution in [0.1, 0.15) is 17.0 Å². The minimum atomic E-state index is -0.823. The molecule has 3 nitrogen and oxygen atoms in total. The summed E-state index contributed by atoms with van der Waals surface area (Å²) in [6, 6.07) is 4.96. The van der Waals surface area contributed by atoms with Gasteiger partial charge < -0.3 is 10.4 Å². The summed E-state index contributed by atoms with van der Waals surface area (Å²) in [5.41, 5.74) is 1.35. The van der Waals surface area contributed by atoms with Gasteiger partial charge in [-0.3, -0.25) is 4.79 Å². The number of halogens is 1. The average Bonchev–Trinajstić information content (AvgIpc) is 2.71. The summed E-state index contributed by atoms with van der Waals surface area (Å²) in [6.07, 6.45) is 0. The molecular formula is C12H14FNO2. The first-order chi connectivity index (χ1) is 7.59. The zero-order chi connectivity index (χ0) is 11.7. The fourth-order valence-electron chi connectivity index (χ4n) is 2.13. The lowest BCUT2D eigenvalue weighted by molar-refractivity contribution is -0.141. The molecule has 16 heavy (non-hydrogen) atoms. The molecule has 2 rings (SSSR count). The van der Waals surface area contributed by atoms with E-state index in [0.29, 0.717) is 18.7 Å². The van der Waals surface area contributed by atoms with Crippen LogP contribution in [0.15, 0.2) is 18.2 Å². The number of aliphatic carboxylic acids is 1. The molecule has 4 heteroatoms. The van der Waals surface area contributed by atoms with Crippen molar-refractivity contribution in [2.45, 2.75) is 12.8 Å². The highest BCUT2D eigenvalue weighted by atomic mass is 19.1. The summed E-state index contributed by atoms with van der Waals surface area (Å²) in [5, 5.41) is 12.1. The summed E-state index contributed by atoms with van der Waals surface area (Å²) >= 11 is 0. The third-order valence-corrected chi connectivity index (χ3v) is 3.16. The van der Waals surface area contributed by atoms with Gasteiger partial charge in [-0.25, -0.2) is 4.39 Å². The molecule has 1 aromatic carbocycles. The normalized spacial score (nSPS) is 24.6. The summed E-state index contributed by atoms with van der Waals surface area (Å²) in [6.45, 7) is 2.75. The van der Waals surface area contributed by atoms with E-state index in [2.05, 4.69) is 5.32 Å². The van der Waals surface area contributed by atoms with Crippen LogP contribution in [0.4, 0.5) is 4.39 Å². The number of benzene rings is 1. The summed E-state index contributed by atoms with van der Waals surface area (Å²) in [5.74, 6) is -1.68. The fraction of sp³-hybridized carbons (Fsp3) is 0.417. The smallest absolute Gasteiger partial charge is 0.308 e. The Bertz CT molecular complexity index is 419. The SMILES string of the molecule is Cc1ccc([C@@H]2CNC[C@H]2C(=O)O)cc1F. The number of carbonyl (C=O) groups is 1. The zero-order valence-electron chi connectivity index (χ0n) is 9.03. The molecule has 0 saturated carbocycles. The van der Waals surface area contributed by atoms with Crippen LogP contribution in [0.25, 0.3) is 0 Å². The van der Waals surface area contributed by atoms with Crippen LogP contribution in [-0.2, 0) is 4.79 Å². The van der Waals surface area contributed by atoms with E-state index >= 15 is 0 Å². The molecule has 1 aromatic rings. The molecule has 0 radical (unpaired) electrons. The number of aryl methyl sites for hydroxylation is 1. The van der Waals surface area contributed by atoms with E-state index in [1.165, 1.54) is 6.07 Å². The highest BCUT2D eigenvalue weighted by Gasteiger charge is 2.33. The Kier molecular flexibility index (Phi) is 2.92. The Morgan fingerprint density at radius 3 is 2.88 bits per heavy atom. The molecule has 0 amide bonds. The fourth-order valence-corrected chi connectivity index (χ4v) is 2.13. The molecule has 1 saturated heterocycles. The molecule has 1 aliphatic heterocycles. The maximum absolute atomic E-state index is 13.4. The molecule has 0 aromatic heterocycles. The third-order valence-electron chi connectivity index (χ3n) is 3.16. The number of hydrogen-bond acceptors (Lipinski definition) is 2. The monoisotopic (exact) mass is 223 g/mol. The minimum absolute atomic E-state index is 0.132. The van der Waals surface area contributed by atoms with Crippen LogP contribution in [0.2, 0.25) is 0 Å². The van der Waals surface area contributed by atoms with Crippen molar-refractivity contribution < 1.29 is 14.3 Å². The van der Waals surface area contributed by atoms with Crippen LogP contribution in [0, 0.1) is 18.7 Å². The molecule has 0 unspecified atom stereocenters. The molecule has 1 aliphatic rings. The molecule has 1 heterocycles. The van der Waals surface area contributed by atoms with Gasteiger partial charge in [-0.15, -0.1) is 0 Å². The topological polar surface area (TPSA) is 49.3 Å². The van der Waals surface area contributed by atoms with Crippen molar-refractivity contribution in [3.63, 3.8) is 0 Å². The number of rotatable bonds is 2. The van der Waals surface area contributed by atoms with E-state index in [0.717, 1.165) is 5.56 Å². The van der Waals surface area contributed by atoms with Crippen molar-refractivity contribution in [2.75, 3.05) is 13.1 Å². The number of nitrogens with one attached hydrogen (secondary N) is 1. The first kappa shape index (κ1) is 11.1. The lowest BCUT2D eigenvalue weighted by Crippen LogP contribution is -2.21. The van der Waals surface area contributed by atoms with Crippen molar-refractivity contribution in [3.05, 3.63) is 35.1 Å². The molecule has 0 bridgehead atoms. The highest BCUT2D eigenvalue weighted by molar-refractivity contribution is 5.72. The first-order valence-electron chi connectivity index (χ1n) is 5.29. The molecule has 2 N–H and O–H groups in total. The van der Waals surface area contributed by atoms with Crippen LogP contribution in [0.5, 0.6) is 0 Å². The summed E-state index contributed by atoms with van der Waals surface area (Å²) in [7, 11) is 0. The number of hydrogen-bond donors (Lipinski definition) is 2. The predicted molar refractivity (Wildman–Crippen MR) is 57.9 cm³/mol. The molecular weight excluding hydrogens is 209 g/mol. The van der Waals surface area contributed by atoms with Gasteiger partial charge in [0.15, 0.2) is 0 Å². The maximum atomic E-state index is 13.4. The lowest BCUT2D eigenvalue weighted by Gasteiger charge is -2.15. The van der Waals surface area contributed by atoms with Crippen LogP contribution in [0.3, 0.4) is 0 Å².